The van der Waals surface area contributed by atoms with Crippen molar-refractivity contribution < 1.29 is 0 Å². The van der Waals surface area contributed by atoms with Gasteiger partial charge in [0.15, 0.2) is 0 Å². The van der Waals surface area contributed by atoms with E-state index in [1.807, 2.05) is 0 Å². The Morgan fingerprint density at radius 2 is 1.50 bits per heavy atom. The van der Waals surface area contributed by atoms with Crippen LogP contribution in [0.2, 0.25) is 0 Å². The molecule has 0 aromatic rings. The van der Waals surface area contributed by atoms with E-state index in [0.717, 1.165) is 17.9 Å². The van der Waals surface area contributed by atoms with Crippen molar-refractivity contribution in [2.45, 2.75) is 73.3 Å². The minimum absolute atomic E-state index is 0.437. The average molecular weight is 309 g/mol. The van der Waals surface area contributed by atoms with Gasteiger partial charge in [-0.25, -0.2) is 0 Å². The molecule has 0 aromatic carbocycles. The van der Waals surface area contributed by atoms with Crippen molar-refractivity contribution in [2.75, 3.05) is 33.2 Å². The second-order valence-corrected chi connectivity index (χ2v) is 10.4. The number of hydrogen-bond acceptors (Lipinski definition) is 2. The number of nitrogens with zero attached hydrogens (tertiary/aromatic N) is 2. The monoisotopic (exact) mass is 308 g/mol. The van der Waals surface area contributed by atoms with Crippen molar-refractivity contribution in [3.8, 4) is 0 Å². The molecular formula is C20H40N2. The Balaban J connectivity index is 1.67. The minimum Gasteiger partial charge on any atom is -0.303 e. The lowest BCUT2D eigenvalue weighted by molar-refractivity contribution is 0.0330. The summed E-state index contributed by atoms with van der Waals surface area (Å²) in [4.78, 5) is 5.35. The van der Waals surface area contributed by atoms with E-state index in [-0.39, 0.29) is 0 Å². The molecule has 22 heavy (non-hydrogen) atoms. The van der Waals surface area contributed by atoms with Crippen LogP contribution in [0.25, 0.3) is 0 Å². The molecule has 0 amide bonds. The van der Waals surface area contributed by atoms with Gasteiger partial charge >= 0.3 is 0 Å². The molecule has 0 spiro atoms. The van der Waals surface area contributed by atoms with Crippen LogP contribution >= 0.6 is 0 Å². The van der Waals surface area contributed by atoms with Crippen molar-refractivity contribution in [1.82, 2.24) is 9.80 Å². The topological polar surface area (TPSA) is 6.48 Å². The molecule has 0 atom stereocenters. The summed E-state index contributed by atoms with van der Waals surface area (Å²) in [6.45, 7) is 19.4. The van der Waals surface area contributed by atoms with Gasteiger partial charge < -0.3 is 9.80 Å². The first-order valence-electron chi connectivity index (χ1n) is 9.47. The average Bonchev–Trinajstić information content (AvgIpc) is 2.30. The summed E-state index contributed by atoms with van der Waals surface area (Å²) < 4.78 is 0. The highest BCUT2D eigenvalue weighted by atomic mass is 15.2. The molecule has 2 heteroatoms. The van der Waals surface area contributed by atoms with Gasteiger partial charge in [0.05, 0.1) is 0 Å². The smallest absolute Gasteiger partial charge is 0.0117 e. The normalized spacial score (nSPS) is 28.9. The maximum absolute atomic E-state index is 2.68. The fraction of sp³-hybridized carbons (Fsp3) is 1.00. The number of likely N-dealkylation sites (tertiary alicyclic amines) is 1. The predicted octanol–water partition coefficient (Wildman–Crippen LogP) is 4.50. The second-order valence-electron chi connectivity index (χ2n) is 10.4. The quantitative estimate of drug-likeness (QED) is 0.754. The molecule has 1 saturated heterocycles. The van der Waals surface area contributed by atoms with Crippen LogP contribution in [0.5, 0.6) is 0 Å². The lowest BCUT2D eigenvalue weighted by atomic mass is 9.63. The third kappa shape index (κ3) is 5.23. The Morgan fingerprint density at radius 1 is 0.955 bits per heavy atom. The van der Waals surface area contributed by atoms with Gasteiger partial charge in [-0.15, -0.1) is 0 Å². The van der Waals surface area contributed by atoms with Crippen LogP contribution in [0, 0.1) is 22.7 Å². The van der Waals surface area contributed by atoms with E-state index < -0.39 is 0 Å². The van der Waals surface area contributed by atoms with Gasteiger partial charge in [-0.1, -0.05) is 41.5 Å². The van der Waals surface area contributed by atoms with Crippen LogP contribution in [0.4, 0.5) is 0 Å². The number of hydrogen-bond donors (Lipinski definition) is 0. The van der Waals surface area contributed by atoms with E-state index in [0.29, 0.717) is 10.8 Å². The lowest BCUT2D eigenvalue weighted by Crippen LogP contribution is -2.48. The van der Waals surface area contributed by atoms with Gasteiger partial charge in [0.2, 0.25) is 0 Å². The minimum atomic E-state index is 0.437. The van der Waals surface area contributed by atoms with Crippen LogP contribution in [-0.2, 0) is 0 Å². The molecule has 2 nitrogen and oxygen atoms in total. The SMILES string of the molecule is CN(CC1CC(C(C)(C)C)C1)C1CCN(CC(C)(C)C)CC1. The maximum atomic E-state index is 2.68. The van der Waals surface area contributed by atoms with Crippen molar-refractivity contribution in [3.63, 3.8) is 0 Å². The van der Waals surface area contributed by atoms with E-state index in [9.17, 15) is 0 Å². The van der Waals surface area contributed by atoms with E-state index in [1.54, 1.807) is 0 Å². The third-order valence-electron chi connectivity index (χ3n) is 5.89. The van der Waals surface area contributed by atoms with Crippen molar-refractivity contribution >= 4 is 0 Å². The Labute approximate surface area is 139 Å². The zero-order chi connectivity index (χ0) is 16.5. The largest absolute Gasteiger partial charge is 0.303 e. The Hall–Kier alpha value is -0.0800. The van der Waals surface area contributed by atoms with Gasteiger partial charge in [-0.3, -0.25) is 0 Å². The molecule has 0 unspecified atom stereocenters. The summed E-state index contributed by atoms with van der Waals surface area (Å²) in [6, 6.07) is 0.824. The molecule has 2 aliphatic rings. The zero-order valence-corrected chi connectivity index (χ0v) is 16.3. The zero-order valence-electron chi connectivity index (χ0n) is 16.3. The van der Waals surface area contributed by atoms with Crippen LogP contribution in [0.3, 0.4) is 0 Å². The summed E-state index contributed by atoms with van der Waals surface area (Å²) in [5.74, 6) is 1.92. The summed E-state index contributed by atoms with van der Waals surface area (Å²) in [6.07, 6.45) is 5.64. The molecule has 0 N–H and O–H groups in total. The molecule has 0 aromatic heterocycles. The number of piperidine rings is 1. The molecular weight excluding hydrogens is 268 g/mol. The molecule has 1 aliphatic carbocycles. The Bertz CT molecular complexity index is 336. The van der Waals surface area contributed by atoms with Gasteiger partial charge in [0, 0.05) is 19.1 Å². The van der Waals surface area contributed by atoms with E-state index in [1.165, 1.54) is 51.9 Å². The summed E-state index contributed by atoms with van der Waals surface area (Å²) in [5.41, 5.74) is 0.958. The maximum Gasteiger partial charge on any atom is 0.0117 e. The fourth-order valence-electron chi connectivity index (χ4n) is 4.34. The Kier molecular flexibility index (Phi) is 5.65. The molecule has 0 bridgehead atoms. The first kappa shape index (κ1) is 18.3. The standard InChI is InChI=1S/C20H40N2/c1-19(2,3)15-22-10-8-18(9-11-22)21(7)14-16-12-17(13-16)20(4,5)6/h16-18H,8-15H2,1-7H3. The van der Waals surface area contributed by atoms with Crippen molar-refractivity contribution in [3.05, 3.63) is 0 Å². The first-order valence-corrected chi connectivity index (χ1v) is 9.47. The summed E-state index contributed by atoms with van der Waals surface area (Å²) >= 11 is 0. The summed E-state index contributed by atoms with van der Waals surface area (Å²) in [5, 5.41) is 0. The molecule has 1 saturated carbocycles. The van der Waals surface area contributed by atoms with Gasteiger partial charge in [0.1, 0.15) is 0 Å². The third-order valence-corrected chi connectivity index (χ3v) is 5.89. The molecule has 1 heterocycles. The van der Waals surface area contributed by atoms with Gasteiger partial charge in [-0.05, 0) is 68.5 Å². The van der Waals surface area contributed by atoms with Crippen molar-refractivity contribution in [2.24, 2.45) is 22.7 Å². The van der Waals surface area contributed by atoms with Crippen LogP contribution in [-0.4, -0.2) is 49.1 Å². The molecule has 2 fully saturated rings. The van der Waals surface area contributed by atoms with Crippen molar-refractivity contribution in [1.29, 1.82) is 0 Å². The van der Waals surface area contributed by atoms with Gasteiger partial charge in [0.25, 0.3) is 0 Å². The van der Waals surface area contributed by atoms with Gasteiger partial charge in [-0.2, -0.15) is 0 Å². The number of rotatable bonds is 4. The second kappa shape index (κ2) is 6.81. The molecule has 2 rings (SSSR count). The molecule has 0 radical (unpaired) electrons. The Morgan fingerprint density at radius 3 is 1.95 bits per heavy atom. The fourth-order valence-corrected chi connectivity index (χ4v) is 4.34. The van der Waals surface area contributed by atoms with E-state index in [2.05, 4.69) is 58.4 Å². The van der Waals surface area contributed by atoms with Crippen LogP contribution < -0.4 is 0 Å². The highest BCUT2D eigenvalue weighted by Gasteiger charge is 2.38. The first-order chi connectivity index (χ1) is 10.0. The van der Waals surface area contributed by atoms with Crippen LogP contribution in [0.15, 0.2) is 0 Å². The molecule has 1 aliphatic heterocycles. The van der Waals surface area contributed by atoms with E-state index in [4.69, 9.17) is 0 Å². The lowest BCUT2D eigenvalue weighted by Gasteiger charge is -2.47. The van der Waals surface area contributed by atoms with Crippen LogP contribution in [0.1, 0.15) is 67.2 Å². The molecule has 130 valence electrons. The highest BCUT2D eigenvalue weighted by molar-refractivity contribution is 4.90. The predicted molar refractivity (Wildman–Crippen MR) is 97.2 cm³/mol. The highest BCUT2D eigenvalue weighted by Crippen LogP contribution is 2.45. The summed E-state index contributed by atoms with van der Waals surface area (Å²) in [7, 11) is 2.37. The van der Waals surface area contributed by atoms with E-state index >= 15 is 0 Å².